The highest BCUT2D eigenvalue weighted by Gasteiger charge is 2.29. The van der Waals surface area contributed by atoms with Crippen LogP contribution in [-0.2, 0) is 4.79 Å². The zero-order valence-corrected chi connectivity index (χ0v) is 8.84. The molecule has 0 unspecified atom stereocenters. The molecule has 0 spiro atoms. The third-order valence-electron chi connectivity index (χ3n) is 2.59. The van der Waals surface area contributed by atoms with Crippen LogP contribution in [0.15, 0.2) is 0 Å². The van der Waals surface area contributed by atoms with Gasteiger partial charge in [-0.2, -0.15) is 0 Å². The fourth-order valence-electron chi connectivity index (χ4n) is 1.10. The summed E-state index contributed by atoms with van der Waals surface area (Å²) in [6.07, 6.45) is 2.18. The number of nitrogens with zero attached hydrogens (tertiary/aromatic N) is 1. The first-order chi connectivity index (χ1) is 6.11. The Morgan fingerprint density at radius 1 is 1.54 bits per heavy atom. The van der Waals surface area contributed by atoms with Crippen molar-refractivity contribution in [3.63, 3.8) is 0 Å². The molecular weight excluding hydrogens is 164 g/mol. The lowest BCUT2D eigenvalue weighted by atomic mass is 10.3. The highest BCUT2D eigenvalue weighted by molar-refractivity contribution is 5.80. The van der Waals surface area contributed by atoms with Gasteiger partial charge in [-0.25, -0.2) is 0 Å². The first-order valence-electron chi connectivity index (χ1n) is 5.09. The summed E-state index contributed by atoms with van der Waals surface area (Å²) < 4.78 is 0. The van der Waals surface area contributed by atoms with E-state index >= 15 is 0 Å². The molecule has 76 valence electrons. The van der Waals surface area contributed by atoms with Gasteiger partial charge in [0.05, 0.1) is 0 Å². The van der Waals surface area contributed by atoms with Crippen molar-refractivity contribution in [3.8, 4) is 0 Å². The summed E-state index contributed by atoms with van der Waals surface area (Å²) in [5.74, 6) is 0.585. The van der Waals surface area contributed by atoms with Gasteiger partial charge in [-0.05, 0) is 33.7 Å². The fourth-order valence-corrected chi connectivity index (χ4v) is 1.10. The minimum absolute atomic E-state index is 0.247. The molecular formula is C10H20N2O. The van der Waals surface area contributed by atoms with Crippen LogP contribution in [0.2, 0.25) is 0 Å². The van der Waals surface area contributed by atoms with Crippen molar-refractivity contribution in [1.82, 2.24) is 10.2 Å². The predicted octanol–water partition coefficient (Wildman–Crippen LogP) is 0.853. The summed E-state index contributed by atoms with van der Waals surface area (Å²) >= 11 is 0. The maximum absolute atomic E-state index is 11.2. The second kappa shape index (κ2) is 4.61. The van der Waals surface area contributed by atoms with Crippen LogP contribution in [0.5, 0.6) is 0 Å². The van der Waals surface area contributed by atoms with E-state index in [9.17, 15) is 4.79 Å². The highest BCUT2D eigenvalue weighted by Crippen LogP contribution is 2.28. The van der Waals surface area contributed by atoms with Crippen LogP contribution in [0.3, 0.4) is 0 Å². The summed E-state index contributed by atoms with van der Waals surface area (Å²) in [7, 11) is 2.08. The Kier molecular flexibility index (Phi) is 3.72. The van der Waals surface area contributed by atoms with Crippen LogP contribution in [0.1, 0.15) is 26.7 Å². The van der Waals surface area contributed by atoms with E-state index in [-0.39, 0.29) is 5.91 Å². The van der Waals surface area contributed by atoms with E-state index in [0.29, 0.717) is 12.0 Å². The van der Waals surface area contributed by atoms with E-state index in [1.807, 2.05) is 0 Å². The second-order valence-electron chi connectivity index (χ2n) is 4.14. The average Bonchev–Trinajstić information content (AvgIpc) is 2.85. The Morgan fingerprint density at radius 2 is 2.15 bits per heavy atom. The number of hydrogen-bond donors (Lipinski definition) is 1. The van der Waals surface area contributed by atoms with Gasteiger partial charge in [-0.15, -0.1) is 0 Å². The molecule has 0 bridgehead atoms. The molecule has 1 aliphatic carbocycles. The topological polar surface area (TPSA) is 32.3 Å². The molecule has 1 amide bonds. The summed E-state index contributed by atoms with van der Waals surface area (Å²) in [5.41, 5.74) is 0. The van der Waals surface area contributed by atoms with Gasteiger partial charge >= 0.3 is 0 Å². The molecule has 0 aromatic carbocycles. The number of amides is 1. The van der Waals surface area contributed by atoms with E-state index in [1.54, 1.807) is 0 Å². The minimum atomic E-state index is 0.247. The number of rotatable bonds is 5. The number of carbonyl (C=O) groups excluding carboxylic acids is 1. The lowest BCUT2D eigenvalue weighted by molar-refractivity contribution is -0.122. The number of carbonyl (C=O) groups is 1. The summed E-state index contributed by atoms with van der Waals surface area (Å²) in [4.78, 5) is 13.5. The molecule has 0 aromatic rings. The maximum atomic E-state index is 11.2. The monoisotopic (exact) mass is 184 g/mol. The standard InChI is InChI=1S/C10H20N2O/c1-8(2)12(3)7-6-11-10(13)9-4-5-9/h8-9H,4-7H2,1-3H3,(H,11,13). The fraction of sp³-hybridized carbons (Fsp3) is 0.900. The zero-order chi connectivity index (χ0) is 9.84. The van der Waals surface area contributed by atoms with Crippen LogP contribution in [-0.4, -0.2) is 37.0 Å². The molecule has 1 aliphatic rings. The van der Waals surface area contributed by atoms with Crippen molar-refractivity contribution < 1.29 is 4.79 Å². The molecule has 0 aromatic heterocycles. The quantitative estimate of drug-likeness (QED) is 0.687. The van der Waals surface area contributed by atoms with Crippen LogP contribution in [0.25, 0.3) is 0 Å². The molecule has 1 N–H and O–H groups in total. The van der Waals surface area contributed by atoms with E-state index in [2.05, 4.69) is 31.1 Å². The molecule has 0 aliphatic heterocycles. The Balaban J connectivity index is 2.02. The molecule has 0 saturated heterocycles. The molecule has 3 heteroatoms. The Morgan fingerprint density at radius 3 is 2.62 bits per heavy atom. The van der Waals surface area contributed by atoms with Crippen molar-refractivity contribution in [3.05, 3.63) is 0 Å². The first-order valence-corrected chi connectivity index (χ1v) is 5.09. The van der Waals surface area contributed by atoms with Gasteiger partial charge in [0.2, 0.25) is 5.91 Å². The summed E-state index contributed by atoms with van der Waals surface area (Å²) in [5, 5.41) is 2.95. The molecule has 1 rings (SSSR count). The van der Waals surface area contributed by atoms with Crippen molar-refractivity contribution in [2.24, 2.45) is 5.92 Å². The third-order valence-corrected chi connectivity index (χ3v) is 2.59. The van der Waals surface area contributed by atoms with Gasteiger partial charge in [-0.1, -0.05) is 0 Å². The lowest BCUT2D eigenvalue weighted by Gasteiger charge is -2.20. The lowest BCUT2D eigenvalue weighted by Crippen LogP contribution is -2.36. The largest absolute Gasteiger partial charge is 0.355 e. The number of nitrogens with one attached hydrogen (secondary N) is 1. The van der Waals surface area contributed by atoms with Gasteiger partial charge in [0.15, 0.2) is 0 Å². The van der Waals surface area contributed by atoms with Gasteiger partial charge < -0.3 is 10.2 Å². The van der Waals surface area contributed by atoms with Crippen molar-refractivity contribution >= 4 is 5.91 Å². The SMILES string of the molecule is CC(C)N(C)CCNC(=O)C1CC1. The van der Waals surface area contributed by atoms with Crippen LogP contribution in [0, 0.1) is 5.92 Å². The van der Waals surface area contributed by atoms with Gasteiger partial charge in [0.25, 0.3) is 0 Å². The predicted molar refractivity (Wildman–Crippen MR) is 53.5 cm³/mol. The Bertz CT molecular complexity index is 176. The smallest absolute Gasteiger partial charge is 0.223 e. The van der Waals surface area contributed by atoms with E-state index < -0.39 is 0 Å². The number of hydrogen-bond acceptors (Lipinski definition) is 2. The molecule has 3 nitrogen and oxygen atoms in total. The first kappa shape index (κ1) is 10.5. The second-order valence-corrected chi connectivity index (χ2v) is 4.14. The van der Waals surface area contributed by atoms with Crippen molar-refractivity contribution in [2.75, 3.05) is 20.1 Å². The molecule has 0 atom stereocenters. The third kappa shape index (κ3) is 3.77. The normalized spacial score (nSPS) is 16.7. The maximum Gasteiger partial charge on any atom is 0.223 e. The molecule has 0 radical (unpaired) electrons. The average molecular weight is 184 g/mol. The summed E-state index contributed by atoms with van der Waals surface area (Å²) in [6.45, 7) is 6.03. The highest BCUT2D eigenvalue weighted by atomic mass is 16.2. The van der Waals surface area contributed by atoms with E-state index in [1.165, 1.54) is 0 Å². The molecule has 0 heterocycles. The van der Waals surface area contributed by atoms with Gasteiger partial charge in [0, 0.05) is 25.0 Å². The van der Waals surface area contributed by atoms with Crippen molar-refractivity contribution in [2.45, 2.75) is 32.7 Å². The van der Waals surface area contributed by atoms with Crippen LogP contribution >= 0.6 is 0 Å². The molecule has 13 heavy (non-hydrogen) atoms. The van der Waals surface area contributed by atoms with Crippen LogP contribution < -0.4 is 5.32 Å². The molecule has 1 saturated carbocycles. The number of likely N-dealkylation sites (N-methyl/N-ethyl adjacent to an activating group) is 1. The Hall–Kier alpha value is -0.570. The van der Waals surface area contributed by atoms with Crippen molar-refractivity contribution in [1.29, 1.82) is 0 Å². The molecule has 1 fully saturated rings. The van der Waals surface area contributed by atoms with E-state index in [4.69, 9.17) is 0 Å². The minimum Gasteiger partial charge on any atom is -0.355 e. The van der Waals surface area contributed by atoms with Gasteiger partial charge in [-0.3, -0.25) is 4.79 Å². The zero-order valence-electron chi connectivity index (χ0n) is 8.84. The van der Waals surface area contributed by atoms with Crippen LogP contribution in [0.4, 0.5) is 0 Å². The van der Waals surface area contributed by atoms with Gasteiger partial charge in [0.1, 0.15) is 0 Å². The Labute approximate surface area is 80.5 Å². The van der Waals surface area contributed by atoms with E-state index in [0.717, 1.165) is 25.9 Å². The summed E-state index contributed by atoms with van der Waals surface area (Å²) in [6, 6.07) is 0.554.